The molecule has 2 heterocycles. The van der Waals surface area contributed by atoms with Gasteiger partial charge in [-0.1, -0.05) is 0 Å². The number of hydrogen-bond acceptors (Lipinski definition) is 4. The second-order valence-electron chi connectivity index (χ2n) is 4.50. The Hall–Kier alpha value is -0.970. The Bertz CT molecular complexity index is 323. The van der Waals surface area contributed by atoms with E-state index >= 15 is 0 Å². The van der Waals surface area contributed by atoms with E-state index in [9.17, 15) is 0 Å². The summed E-state index contributed by atoms with van der Waals surface area (Å²) >= 11 is 0. The molecule has 1 atom stereocenters. The number of aromatic nitrogens is 1. The van der Waals surface area contributed by atoms with Crippen LogP contribution in [0.4, 0.5) is 0 Å². The number of pyridine rings is 1. The van der Waals surface area contributed by atoms with Gasteiger partial charge in [0.2, 0.25) is 0 Å². The van der Waals surface area contributed by atoms with Crippen LogP contribution in [0.15, 0.2) is 24.5 Å². The van der Waals surface area contributed by atoms with E-state index < -0.39 is 0 Å². The lowest BCUT2D eigenvalue weighted by atomic mass is 9.96. The molecule has 1 aromatic heterocycles. The number of hydrogen-bond donors (Lipinski definition) is 1. The second kappa shape index (κ2) is 6.10. The predicted molar refractivity (Wildman–Crippen MR) is 65.7 cm³/mol. The van der Waals surface area contributed by atoms with Gasteiger partial charge in [0.15, 0.2) is 0 Å². The van der Waals surface area contributed by atoms with Gasteiger partial charge in [0, 0.05) is 25.5 Å². The fourth-order valence-corrected chi connectivity index (χ4v) is 2.10. The van der Waals surface area contributed by atoms with Crippen molar-refractivity contribution in [3.63, 3.8) is 0 Å². The normalized spacial score (nSPS) is 24.8. The molecule has 0 bridgehead atoms. The summed E-state index contributed by atoms with van der Waals surface area (Å²) in [7, 11) is 0. The van der Waals surface area contributed by atoms with E-state index in [4.69, 9.17) is 15.2 Å². The third-order valence-corrected chi connectivity index (χ3v) is 3.21. The van der Waals surface area contributed by atoms with Gasteiger partial charge in [-0.15, -0.1) is 0 Å². The molecule has 0 amide bonds. The summed E-state index contributed by atoms with van der Waals surface area (Å²) in [5.74, 6) is 0. The smallest absolute Gasteiger partial charge is 0.104 e. The zero-order valence-electron chi connectivity index (χ0n) is 10.1. The van der Waals surface area contributed by atoms with E-state index in [1.807, 2.05) is 12.1 Å². The minimum Gasteiger partial charge on any atom is -0.378 e. The molecule has 0 radical (unpaired) electrons. The molecule has 1 fully saturated rings. The van der Waals surface area contributed by atoms with Crippen molar-refractivity contribution in [2.45, 2.75) is 24.9 Å². The maximum absolute atomic E-state index is 5.95. The van der Waals surface area contributed by atoms with Gasteiger partial charge in [0.05, 0.1) is 13.2 Å². The minimum atomic E-state index is -0.259. The van der Waals surface area contributed by atoms with Gasteiger partial charge in [0.25, 0.3) is 0 Å². The van der Waals surface area contributed by atoms with E-state index in [1.54, 1.807) is 12.4 Å². The van der Waals surface area contributed by atoms with Crippen LogP contribution in [0.25, 0.3) is 0 Å². The molecule has 1 aromatic rings. The van der Waals surface area contributed by atoms with Crippen molar-refractivity contribution in [1.29, 1.82) is 0 Å². The monoisotopic (exact) mass is 236 g/mol. The number of rotatable bonds is 5. The van der Waals surface area contributed by atoms with Crippen LogP contribution < -0.4 is 5.73 Å². The molecule has 94 valence electrons. The number of ether oxygens (including phenoxy) is 2. The Labute approximate surface area is 102 Å². The first-order valence-electron chi connectivity index (χ1n) is 6.15. The summed E-state index contributed by atoms with van der Waals surface area (Å²) in [6.45, 7) is 2.67. The van der Waals surface area contributed by atoms with Gasteiger partial charge < -0.3 is 15.2 Å². The summed E-state index contributed by atoms with van der Waals surface area (Å²) < 4.78 is 11.4. The highest BCUT2D eigenvalue weighted by Crippen LogP contribution is 2.22. The standard InChI is InChI=1S/C13H20N2O2/c14-10-13(5-1-8-16-11-13)17-9-4-12-2-6-15-7-3-12/h2-3,6-7H,1,4-5,8-11,14H2. The van der Waals surface area contributed by atoms with Gasteiger partial charge in [0.1, 0.15) is 5.60 Å². The van der Waals surface area contributed by atoms with Crippen molar-refractivity contribution in [1.82, 2.24) is 4.98 Å². The quantitative estimate of drug-likeness (QED) is 0.833. The molecule has 0 aromatic carbocycles. The molecule has 0 saturated carbocycles. The summed E-state index contributed by atoms with van der Waals surface area (Å²) in [6, 6.07) is 4.02. The molecule has 1 aliphatic rings. The average molecular weight is 236 g/mol. The highest BCUT2D eigenvalue weighted by Gasteiger charge is 2.32. The molecular formula is C13H20N2O2. The molecule has 1 unspecified atom stereocenters. The Morgan fingerprint density at radius 3 is 2.88 bits per heavy atom. The third-order valence-electron chi connectivity index (χ3n) is 3.21. The molecule has 1 aliphatic heterocycles. The van der Waals surface area contributed by atoms with Crippen LogP contribution in [0.2, 0.25) is 0 Å². The number of nitrogens with zero attached hydrogens (tertiary/aromatic N) is 1. The Balaban J connectivity index is 1.80. The van der Waals surface area contributed by atoms with E-state index in [-0.39, 0.29) is 5.60 Å². The number of nitrogens with two attached hydrogens (primary N) is 1. The fraction of sp³-hybridized carbons (Fsp3) is 0.615. The van der Waals surface area contributed by atoms with Crippen molar-refractivity contribution in [3.05, 3.63) is 30.1 Å². The molecular weight excluding hydrogens is 216 g/mol. The van der Waals surface area contributed by atoms with E-state index in [1.165, 1.54) is 5.56 Å². The van der Waals surface area contributed by atoms with E-state index in [0.29, 0.717) is 19.8 Å². The molecule has 2 rings (SSSR count). The molecule has 4 heteroatoms. The topological polar surface area (TPSA) is 57.4 Å². The molecule has 17 heavy (non-hydrogen) atoms. The van der Waals surface area contributed by atoms with Crippen LogP contribution in [0, 0.1) is 0 Å². The van der Waals surface area contributed by atoms with Gasteiger partial charge in [-0.05, 0) is 37.0 Å². The SMILES string of the molecule is NCC1(OCCc2ccncc2)CCCOC1. The molecule has 0 spiro atoms. The predicted octanol–water partition coefficient (Wildman–Crippen LogP) is 1.15. The van der Waals surface area contributed by atoms with Gasteiger partial charge in [-0.3, -0.25) is 4.98 Å². The minimum absolute atomic E-state index is 0.259. The van der Waals surface area contributed by atoms with Gasteiger partial charge in [-0.25, -0.2) is 0 Å². The summed E-state index contributed by atoms with van der Waals surface area (Å²) in [6.07, 6.45) is 6.53. The Kier molecular flexibility index (Phi) is 4.48. The van der Waals surface area contributed by atoms with Crippen molar-refractivity contribution >= 4 is 0 Å². The Morgan fingerprint density at radius 1 is 1.41 bits per heavy atom. The molecule has 2 N–H and O–H groups in total. The van der Waals surface area contributed by atoms with Crippen LogP contribution >= 0.6 is 0 Å². The maximum atomic E-state index is 5.95. The summed E-state index contributed by atoms with van der Waals surface area (Å²) in [5.41, 5.74) is 6.78. The highest BCUT2D eigenvalue weighted by atomic mass is 16.5. The molecule has 0 aliphatic carbocycles. The lowest BCUT2D eigenvalue weighted by molar-refractivity contribution is -0.122. The zero-order chi connectivity index (χ0) is 12.0. The highest BCUT2D eigenvalue weighted by molar-refractivity contribution is 5.09. The molecule has 1 saturated heterocycles. The third kappa shape index (κ3) is 3.49. The Morgan fingerprint density at radius 2 is 2.24 bits per heavy atom. The second-order valence-corrected chi connectivity index (χ2v) is 4.50. The fourth-order valence-electron chi connectivity index (χ4n) is 2.10. The molecule has 4 nitrogen and oxygen atoms in total. The first-order valence-corrected chi connectivity index (χ1v) is 6.15. The summed E-state index contributed by atoms with van der Waals surface area (Å²) in [4.78, 5) is 3.99. The van der Waals surface area contributed by atoms with Crippen molar-refractivity contribution in [2.75, 3.05) is 26.4 Å². The van der Waals surface area contributed by atoms with Crippen molar-refractivity contribution < 1.29 is 9.47 Å². The van der Waals surface area contributed by atoms with Crippen molar-refractivity contribution in [3.8, 4) is 0 Å². The van der Waals surface area contributed by atoms with Crippen LogP contribution in [-0.2, 0) is 15.9 Å². The van der Waals surface area contributed by atoms with E-state index in [0.717, 1.165) is 25.9 Å². The first-order chi connectivity index (χ1) is 8.35. The van der Waals surface area contributed by atoms with Gasteiger partial charge >= 0.3 is 0 Å². The summed E-state index contributed by atoms with van der Waals surface area (Å²) in [5, 5.41) is 0. The lowest BCUT2D eigenvalue weighted by Gasteiger charge is -2.35. The first kappa shape index (κ1) is 12.5. The largest absolute Gasteiger partial charge is 0.378 e. The van der Waals surface area contributed by atoms with Crippen molar-refractivity contribution in [2.24, 2.45) is 5.73 Å². The maximum Gasteiger partial charge on any atom is 0.104 e. The average Bonchev–Trinajstić information content (AvgIpc) is 2.41. The van der Waals surface area contributed by atoms with Crippen LogP contribution in [0.3, 0.4) is 0 Å². The lowest BCUT2D eigenvalue weighted by Crippen LogP contribution is -2.48. The van der Waals surface area contributed by atoms with Crippen LogP contribution in [0.5, 0.6) is 0 Å². The van der Waals surface area contributed by atoms with E-state index in [2.05, 4.69) is 4.98 Å². The van der Waals surface area contributed by atoms with Crippen LogP contribution in [0.1, 0.15) is 18.4 Å². The van der Waals surface area contributed by atoms with Crippen LogP contribution in [-0.4, -0.2) is 37.0 Å². The zero-order valence-corrected chi connectivity index (χ0v) is 10.1. The van der Waals surface area contributed by atoms with Gasteiger partial charge in [-0.2, -0.15) is 0 Å².